The third kappa shape index (κ3) is 2.48. The van der Waals surface area contributed by atoms with Crippen LogP contribution in [0.15, 0.2) is 0 Å². The van der Waals surface area contributed by atoms with Gasteiger partial charge in [0.1, 0.15) is 0 Å². The molecule has 0 spiro atoms. The van der Waals surface area contributed by atoms with Gasteiger partial charge in [-0.3, -0.25) is 0 Å². The Morgan fingerprint density at radius 1 is 1.33 bits per heavy atom. The summed E-state index contributed by atoms with van der Waals surface area (Å²) in [6.07, 6.45) is 6.47. The van der Waals surface area contributed by atoms with E-state index < -0.39 is 0 Å². The van der Waals surface area contributed by atoms with Gasteiger partial charge in [-0.15, -0.1) is 11.8 Å². The van der Waals surface area contributed by atoms with Crippen molar-refractivity contribution >= 4 is 24.4 Å². The molecule has 9 atom stereocenters. The molecule has 4 heteroatoms. The van der Waals surface area contributed by atoms with Crippen LogP contribution in [0.2, 0.25) is 0 Å². The number of thiol groups is 1. The summed E-state index contributed by atoms with van der Waals surface area (Å²) in [6.45, 7) is 7.19. The second-order valence-corrected chi connectivity index (χ2v) is 11.0. The van der Waals surface area contributed by atoms with Crippen molar-refractivity contribution in [1.82, 2.24) is 5.32 Å². The summed E-state index contributed by atoms with van der Waals surface area (Å²) in [5, 5.41) is 14.2. The molecule has 0 amide bonds. The van der Waals surface area contributed by atoms with Crippen molar-refractivity contribution in [2.45, 2.75) is 64.2 Å². The van der Waals surface area contributed by atoms with Crippen LogP contribution in [-0.4, -0.2) is 22.9 Å². The molecule has 1 heterocycles. The third-order valence-electron chi connectivity index (χ3n) is 8.28. The second-order valence-electron chi connectivity index (χ2n) is 9.32. The van der Waals surface area contributed by atoms with E-state index in [1.165, 1.54) is 19.3 Å². The topological polar surface area (TPSA) is 35.8 Å². The Morgan fingerprint density at radius 3 is 2.83 bits per heavy atom. The quantitative estimate of drug-likeness (QED) is 0.720. The lowest BCUT2D eigenvalue weighted by atomic mass is 9.58. The van der Waals surface area contributed by atoms with Crippen molar-refractivity contribution in [2.75, 3.05) is 11.6 Å². The van der Waals surface area contributed by atoms with Gasteiger partial charge in [0.15, 0.2) is 0 Å². The fourth-order valence-corrected chi connectivity index (χ4v) is 7.92. The number of hydrogen-bond acceptors (Lipinski definition) is 4. The van der Waals surface area contributed by atoms with Gasteiger partial charge in [0.25, 0.3) is 0 Å². The maximum absolute atomic E-state index is 10.0. The summed E-state index contributed by atoms with van der Waals surface area (Å²) in [4.78, 5) is 0. The van der Waals surface area contributed by atoms with E-state index in [2.05, 4.69) is 32.2 Å². The first-order chi connectivity index (χ1) is 11.5. The summed E-state index contributed by atoms with van der Waals surface area (Å²) in [6, 6.07) is 3.20. The smallest absolute Gasteiger partial charge is 0.0670 e. The van der Waals surface area contributed by atoms with Gasteiger partial charge in [-0.05, 0) is 66.6 Å². The molecular weight excluding hydrogens is 332 g/mol. The summed E-state index contributed by atoms with van der Waals surface area (Å²) in [5.74, 6) is 5.95. The van der Waals surface area contributed by atoms with Crippen LogP contribution in [0, 0.1) is 51.8 Å². The number of nitriles is 1. The minimum atomic E-state index is 0.148. The summed E-state index contributed by atoms with van der Waals surface area (Å²) in [5.41, 5.74) is 0.596. The van der Waals surface area contributed by atoms with Gasteiger partial charge >= 0.3 is 0 Å². The Kier molecular flexibility index (Phi) is 4.46. The molecule has 3 saturated carbocycles. The average molecular weight is 365 g/mol. The Hall–Kier alpha value is 0.150. The summed E-state index contributed by atoms with van der Waals surface area (Å²) < 4.78 is 0. The Balaban J connectivity index is 1.66. The van der Waals surface area contributed by atoms with E-state index in [1.54, 1.807) is 0 Å². The highest BCUT2D eigenvalue weighted by Gasteiger charge is 2.74. The lowest BCUT2D eigenvalue weighted by Gasteiger charge is -2.49. The molecule has 1 aliphatic heterocycles. The fraction of sp³-hybridized carbons (Fsp3) is 0.950. The molecule has 3 unspecified atom stereocenters. The molecule has 0 radical (unpaired) electrons. The minimum absolute atomic E-state index is 0.148. The van der Waals surface area contributed by atoms with E-state index in [-0.39, 0.29) is 11.3 Å². The van der Waals surface area contributed by atoms with Crippen molar-refractivity contribution < 1.29 is 0 Å². The highest BCUT2D eigenvalue weighted by atomic mass is 32.2. The molecule has 4 rings (SSSR count). The Bertz CT molecular complexity index is 544. The molecule has 4 fully saturated rings. The zero-order chi connectivity index (χ0) is 17.1. The van der Waals surface area contributed by atoms with Crippen LogP contribution in [0.25, 0.3) is 0 Å². The Morgan fingerprint density at radius 2 is 2.12 bits per heavy atom. The molecular formula is C20H32N2S2. The van der Waals surface area contributed by atoms with Crippen LogP contribution >= 0.6 is 24.4 Å². The van der Waals surface area contributed by atoms with Crippen molar-refractivity contribution in [3.05, 3.63) is 0 Å². The van der Waals surface area contributed by atoms with Crippen LogP contribution < -0.4 is 5.32 Å². The molecule has 1 saturated heterocycles. The van der Waals surface area contributed by atoms with E-state index in [9.17, 15) is 5.26 Å². The van der Waals surface area contributed by atoms with Crippen molar-refractivity contribution in [2.24, 2.45) is 40.4 Å². The number of rotatable bonds is 3. The van der Waals surface area contributed by atoms with Crippen LogP contribution in [0.4, 0.5) is 0 Å². The van der Waals surface area contributed by atoms with Gasteiger partial charge in [-0.1, -0.05) is 20.8 Å². The molecule has 134 valence electrons. The van der Waals surface area contributed by atoms with Gasteiger partial charge in [0.2, 0.25) is 0 Å². The molecule has 1 N–H and O–H groups in total. The molecule has 24 heavy (non-hydrogen) atoms. The molecule has 4 aliphatic rings. The van der Waals surface area contributed by atoms with E-state index in [1.807, 2.05) is 11.8 Å². The van der Waals surface area contributed by atoms with E-state index in [0.29, 0.717) is 16.7 Å². The standard InChI is InChI=1S/C20H32N2S2/c1-4-18(23)17-8-19(3,13(9-21)10-24-11-22-17)20-6-12(2)14-5-15(14)16(20)7-20/h12-18,22-23H,4-8,10-11H2,1-3H3/t12-,13-,14-,15+,16?,17?,18+,19?,20-/m0/s1. The molecule has 0 aromatic heterocycles. The zero-order valence-corrected chi connectivity index (χ0v) is 17.0. The van der Waals surface area contributed by atoms with Crippen LogP contribution in [-0.2, 0) is 0 Å². The predicted molar refractivity (Wildman–Crippen MR) is 105 cm³/mol. The van der Waals surface area contributed by atoms with Crippen LogP contribution in [0.3, 0.4) is 0 Å². The molecule has 0 aromatic rings. The highest BCUT2D eigenvalue weighted by molar-refractivity contribution is 7.99. The van der Waals surface area contributed by atoms with Gasteiger partial charge in [0, 0.05) is 22.9 Å². The number of nitrogens with zero attached hydrogens (tertiary/aromatic N) is 1. The van der Waals surface area contributed by atoms with E-state index in [0.717, 1.165) is 48.1 Å². The Labute approximate surface area is 157 Å². The van der Waals surface area contributed by atoms with E-state index in [4.69, 9.17) is 12.6 Å². The SMILES string of the molecule is CC[C@@H](S)C1CC(C)([C@@]23CC2[C@@H]2C[C@H]2[C@@H](C)C3)[C@@H](C#N)CSCN1. The van der Waals surface area contributed by atoms with Crippen LogP contribution in [0.5, 0.6) is 0 Å². The second kappa shape index (κ2) is 6.10. The molecule has 2 nitrogen and oxygen atoms in total. The number of fused-ring (bicyclic) bond motifs is 3. The molecule has 0 bridgehead atoms. The van der Waals surface area contributed by atoms with Gasteiger partial charge in [-0.25, -0.2) is 0 Å². The number of hydrogen-bond donors (Lipinski definition) is 2. The third-order valence-corrected chi connectivity index (χ3v) is 9.94. The van der Waals surface area contributed by atoms with Crippen LogP contribution in [0.1, 0.15) is 52.9 Å². The first kappa shape index (κ1) is 17.6. The maximum Gasteiger partial charge on any atom is 0.0670 e. The minimum Gasteiger partial charge on any atom is -0.304 e. The lowest BCUT2D eigenvalue weighted by molar-refractivity contribution is 0.0321. The largest absolute Gasteiger partial charge is 0.304 e. The van der Waals surface area contributed by atoms with E-state index >= 15 is 0 Å². The first-order valence-electron chi connectivity index (χ1n) is 9.85. The summed E-state index contributed by atoms with van der Waals surface area (Å²) in [7, 11) is 0. The first-order valence-corrected chi connectivity index (χ1v) is 11.5. The molecule has 3 aliphatic carbocycles. The number of nitrogens with one attached hydrogen (secondary N) is 1. The average Bonchev–Trinajstić information content (AvgIpc) is 3.42. The number of thioether (sulfide) groups is 1. The monoisotopic (exact) mass is 364 g/mol. The molecule has 0 aromatic carbocycles. The van der Waals surface area contributed by atoms with Gasteiger partial charge < -0.3 is 5.32 Å². The van der Waals surface area contributed by atoms with Gasteiger partial charge in [-0.2, -0.15) is 17.9 Å². The van der Waals surface area contributed by atoms with Gasteiger partial charge in [0.05, 0.1) is 12.0 Å². The van der Waals surface area contributed by atoms with Crippen molar-refractivity contribution in [3.63, 3.8) is 0 Å². The summed E-state index contributed by atoms with van der Waals surface area (Å²) >= 11 is 6.81. The fourth-order valence-electron chi connectivity index (χ4n) is 6.58. The predicted octanol–water partition coefficient (Wildman–Crippen LogP) is 4.58. The zero-order valence-electron chi connectivity index (χ0n) is 15.3. The highest BCUT2D eigenvalue weighted by Crippen LogP contribution is 2.80. The lowest BCUT2D eigenvalue weighted by Crippen LogP contribution is -2.50. The normalized spacial score (nSPS) is 54.5. The van der Waals surface area contributed by atoms with Crippen molar-refractivity contribution in [1.29, 1.82) is 5.26 Å². The van der Waals surface area contributed by atoms with Crippen molar-refractivity contribution in [3.8, 4) is 6.07 Å². The maximum atomic E-state index is 10.0.